The van der Waals surface area contributed by atoms with Gasteiger partial charge in [-0.1, -0.05) is 84.9 Å². The number of aryl methyl sites for hydroxylation is 1. The van der Waals surface area contributed by atoms with Crippen molar-refractivity contribution in [3.05, 3.63) is 120 Å². The minimum Gasteiger partial charge on any atom is -0.480 e. The van der Waals surface area contributed by atoms with Crippen LogP contribution in [0, 0.1) is 6.92 Å². The van der Waals surface area contributed by atoms with Crippen molar-refractivity contribution in [1.82, 2.24) is 9.80 Å². The maximum atomic E-state index is 14.2. The number of nitrogens with zero attached hydrogens (tertiary/aromatic N) is 4. The number of para-hydroxylation sites is 4. The molecular weight excluding hydrogens is 528 g/mol. The molecule has 6 rings (SSSR count). The molecule has 2 aliphatic rings. The normalized spacial score (nSPS) is 15.8. The first-order valence-electron chi connectivity index (χ1n) is 13.8. The molecule has 8 nitrogen and oxygen atoms in total. The van der Waals surface area contributed by atoms with E-state index in [1.54, 1.807) is 9.80 Å². The van der Waals surface area contributed by atoms with Gasteiger partial charge < -0.3 is 14.9 Å². The van der Waals surface area contributed by atoms with Gasteiger partial charge in [0.05, 0.1) is 29.3 Å². The van der Waals surface area contributed by atoms with E-state index < -0.39 is 18.0 Å². The van der Waals surface area contributed by atoms with E-state index in [2.05, 4.69) is 0 Å². The Morgan fingerprint density at radius 2 is 1.31 bits per heavy atom. The number of carbonyl (C=O) groups excluding carboxylic acids is 2. The van der Waals surface area contributed by atoms with Crippen molar-refractivity contribution < 1.29 is 19.5 Å². The number of carboxylic acid groups (broad SMARTS) is 1. The lowest BCUT2D eigenvalue weighted by molar-refractivity contribution is -0.143. The quantitative estimate of drug-likeness (QED) is 0.301. The van der Waals surface area contributed by atoms with Crippen molar-refractivity contribution in [3.63, 3.8) is 0 Å². The van der Waals surface area contributed by atoms with Crippen LogP contribution in [0.1, 0.15) is 16.7 Å². The minimum atomic E-state index is -1.24. The number of urea groups is 2. The summed E-state index contributed by atoms with van der Waals surface area (Å²) in [5.41, 5.74) is 5.35. The standard InChI is InChI=1S/C34H30N4O4/c1-24-11-5-8-16-28(24)37(27-14-3-2-4-15-27)34(42)36-22-21-35(23-31(36)32(39)40)33(41)38-29-17-9-6-12-25(29)19-20-26-13-7-10-18-30(26)38/h2-20,31H,21-23H2,1H3,(H,39,40)/t31-/m0/s1. The topological polar surface area (TPSA) is 84.4 Å². The van der Waals surface area contributed by atoms with E-state index in [4.69, 9.17) is 0 Å². The van der Waals surface area contributed by atoms with Crippen LogP contribution < -0.4 is 9.80 Å². The molecule has 2 aliphatic heterocycles. The first-order chi connectivity index (χ1) is 20.4. The molecule has 210 valence electrons. The Bertz CT molecular complexity index is 1640. The lowest BCUT2D eigenvalue weighted by Crippen LogP contribution is -2.62. The number of aliphatic carboxylic acids is 1. The second kappa shape index (κ2) is 11.2. The van der Waals surface area contributed by atoms with E-state index >= 15 is 0 Å². The molecule has 0 unspecified atom stereocenters. The highest BCUT2D eigenvalue weighted by atomic mass is 16.4. The van der Waals surface area contributed by atoms with Gasteiger partial charge in [0.2, 0.25) is 0 Å². The Balaban J connectivity index is 1.33. The summed E-state index contributed by atoms with van der Waals surface area (Å²) in [7, 11) is 0. The van der Waals surface area contributed by atoms with Gasteiger partial charge in [-0.05, 0) is 53.9 Å². The van der Waals surface area contributed by atoms with Crippen LogP contribution >= 0.6 is 0 Å². The second-order valence-electron chi connectivity index (χ2n) is 10.3. The maximum Gasteiger partial charge on any atom is 0.329 e. The molecule has 1 atom stereocenters. The molecule has 42 heavy (non-hydrogen) atoms. The second-order valence-corrected chi connectivity index (χ2v) is 10.3. The summed E-state index contributed by atoms with van der Waals surface area (Å²) >= 11 is 0. The smallest absolute Gasteiger partial charge is 0.329 e. The van der Waals surface area contributed by atoms with Crippen molar-refractivity contribution in [3.8, 4) is 0 Å². The van der Waals surface area contributed by atoms with E-state index in [-0.39, 0.29) is 25.7 Å². The summed E-state index contributed by atoms with van der Waals surface area (Å²) in [5.74, 6) is -1.17. The number of carboxylic acids is 1. The number of hydrogen-bond donors (Lipinski definition) is 1. The van der Waals surface area contributed by atoms with Gasteiger partial charge in [-0.25, -0.2) is 14.4 Å². The number of piperazine rings is 1. The molecule has 1 saturated heterocycles. The zero-order valence-electron chi connectivity index (χ0n) is 23.1. The third-order valence-corrected chi connectivity index (χ3v) is 7.73. The summed E-state index contributed by atoms with van der Waals surface area (Å²) < 4.78 is 0. The van der Waals surface area contributed by atoms with Gasteiger partial charge in [-0.15, -0.1) is 0 Å². The summed E-state index contributed by atoms with van der Waals surface area (Å²) in [4.78, 5) is 47.1. The monoisotopic (exact) mass is 558 g/mol. The van der Waals surface area contributed by atoms with Crippen molar-refractivity contribution in [2.24, 2.45) is 0 Å². The van der Waals surface area contributed by atoms with Crippen LogP contribution in [-0.4, -0.2) is 58.6 Å². The van der Waals surface area contributed by atoms with Crippen LogP contribution in [0.4, 0.5) is 32.3 Å². The molecule has 0 radical (unpaired) electrons. The highest BCUT2D eigenvalue weighted by Gasteiger charge is 2.41. The number of benzene rings is 4. The lowest BCUT2D eigenvalue weighted by Gasteiger charge is -2.43. The number of carbonyl (C=O) groups is 3. The Labute approximate surface area is 244 Å². The Kier molecular flexibility index (Phi) is 7.19. The number of rotatable bonds is 3. The van der Waals surface area contributed by atoms with Gasteiger partial charge in [-0.3, -0.25) is 9.80 Å². The van der Waals surface area contributed by atoms with Gasteiger partial charge >= 0.3 is 18.0 Å². The van der Waals surface area contributed by atoms with Crippen LogP contribution in [0.2, 0.25) is 0 Å². The number of amides is 4. The molecule has 2 heterocycles. The molecule has 0 aliphatic carbocycles. The van der Waals surface area contributed by atoms with Crippen LogP contribution in [0.5, 0.6) is 0 Å². The van der Waals surface area contributed by atoms with Gasteiger partial charge in [-0.2, -0.15) is 0 Å². The summed E-state index contributed by atoms with van der Waals surface area (Å²) in [6.07, 6.45) is 3.95. The zero-order chi connectivity index (χ0) is 29.2. The molecule has 0 bridgehead atoms. The molecule has 0 spiro atoms. The highest BCUT2D eigenvalue weighted by molar-refractivity contribution is 6.06. The van der Waals surface area contributed by atoms with Gasteiger partial charge in [0, 0.05) is 13.1 Å². The molecular formula is C34H30N4O4. The van der Waals surface area contributed by atoms with Crippen molar-refractivity contribution >= 4 is 52.9 Å². The first-order valence-corrected chi connectivity index (χ1v) is 13.8. The predicted molar refractivity (Wildman–Crippen MR) is 164 cm³/mol. The van der Waals surface area contributed by atoms with Crippen molar-refractivity contribution in [1.29, 1.82) is 0 Å². The fraction of sp³-hybridized carbons (Fsp3) is 0.147. The maximum absolute atomic E-state index is 14.2. The molecule has 0 aromatic heterocycles. The van der Waals surface area contributed by atoms with Crippen LogP contribution in [0.25, 0.3) is 12.2 Å². The van der Waals surface area contributed by atoms with Crippen LogP contribution in [0.15, 0.2) is 103 Å². The van der Waals surface area contributed by atoms with Crippen molar-refractivity contribution in [2.75, 3.05) is 29.4 Å². The Morgan fingerprint density at radius 3 is 1.93 bits per heavy atom. The third-order valence-electron chi connectivity index (χ3n) is 7.73. The summed E-state index contributed by atoms with van der Waals surface area (Å²) in [6, 6.07) is 29.9. The Hall–Kier alpha value is -5.37. The molecule has 4 aromatic rings. The SMILES string of the molecule is Cc1ccccc1N(C(=O)N1CCN(C(=O)N2c3ccccc3C=Cc3ccccc32)C[C@H]1C(=O)O)c1ccccc1. The molecule has 4 aromatic carbocycles. The minimum absolute atomic E-state index is 0.0616. The average Bonchev–Trinajstić information content (AvgIpc) is 3.19. The van der Waals surface area contributed by atoms with Crippen LogP contribution in [-0.2, 0) is 4.79 Å². The average molecular weight is 559 g/mol. The van der Waals surface area contributed by atoms with Gasteiger partial charge in [0.1, 0.15) is 6.04 Å². The van der Waals surface area contributed by atoms with Gasteiger partial charge in [0.25, 0.3) is 0 Å². The number of fused-ring (bicyclic) bond motifs is 2. The van der Waals surface area contributed by atoms with E-state index in [0.717, 1.165) is 16.7 Å². The molecule has 0 saturated carbocycles. The predicted octanol–water partition coefficient (Wildman–Crippen LogP) is 6.77. The molecule has 8 heteroatoms. The number of anilines is 4. The fourth-order valence-electron chi connectivity index (χ4n) is 5.59. The molecule has 1 N–H and O–H groups in total. The fourth-order valence-corrected chi connectivity index (χ4v) is 5.59. The summed E-state index contributed by atoms with van der Waals surface area (Å²) in [5, 5.41) is 10.3. The van der Waals surface area contributed by atoms with E-state index in [9.17, 15) is 19.5 Å². The van der Waals surface area contributed by atoms with Gasteiger partial charge in [0.15, 0.2) is 0 Å². The third kappa shape index (κ3) is 4.88. The largest absolute Gasteiger partial charge is 0.480 e. The van der Waals surface area contributed by atoms with Crippen LogP contribution in [0.3, 0.4) is 0 Å². The van der Waals surface area contributed by atoms with E-state index in [0.29, 0.717) is 22.7 Å². The Morgan fingerprint density at radius 1 is 0.738 bits per heavy atom. The first kappa shape index (κ1) is 26.8. The summed E-state index contributed by atoms with van der Waals surface area (Å²) in [6.45, 7) is 2.01. The zero-order valence-corrected chi connectivity index (χ0v) is 23.1. The highest BCUT2D eigenvalue weighted by Crippen LogP contribution is 2.37. The van der Waals surface area contributed by atoms with Crippen molar-refractivity contribution in [2.45, 2.75) is 13.0 Å². The molecule has 1 fully saturated rings. The lowest BCUT2D eigenvalue weighted by atomic mass is 10.1. The molecule has 4 amide bonds. The van der Waals surface area contributed by atoms with E-state index in [1.807, 2.05) is 122 Å². The number of hydrogen-bond acceptors (Lipinski definition) is 3. The van der Waals surface area contributed by atoms with E-state index in [1.165, 1.54) is 9.80 Å².